The van der Waals surface area contributed by atoms with E-state index in [0.29, 0.717) is 5.69 Å². The Morgan fingerprint density at radius 3 is 3.04 bits per heavy atom. The van der Waals surface area contributed by atoms with Crippen LogP contribution in [-0.4, -0.2) is 40.5 Å². The fraction of sp³-hybridized carbons (Fsp3) is 0.176. The van der Waals surface area contributed by atoms with Gasteiger partial charge in [0.05, 0.1) is 24.0 Å². The summed E-state index contributed by atoms with van der Waals surface area (Å²) in [5.41, 5.74) is 0.766. The molecule has 1 saturated heterocycles. The van der Waals surface area contributed by atoms with E-state index in [-0.39, 0.29) is 36.1 Å². The summed E-state index contributed by atoms with van der Waals surface area (Å²) in [6.45, 7) is 0.299. The zero-order valence-corrected chi connectivity index (χ0v) is 13.8. The van der Waals surface area contributed by atoms with Crippen molar-refractivity contribution in [3.63, 3.8) is 0 Å². The van der Waals surface area contributed by atoms with Gasteiger partial charge in [0.1, 0.15) is 36.3 Å². The number of anilines is 1. The number of aromatic amines is 1. The van der Waals surface area contributed by atoms with Crippen molar-refractivity contribution < 1.29 is 23.2 Å². The molecule has 1 atom stereocenters. The minimum Gasteiger partial charge on any atom is -0.471 e. The van der Waals surface area contributed by atoms with E-state index in [1.807, 2.05) is 6.07 Å². The third-order valence-corrected chi connectivity index (χ3v) is 3.92. The van der Waals surface area contributed by atoms with E-state index in [1.165, 1.54) is 35.6 Å². The first kappa shape index (κ1) is 16.6. The van der Waals surface area contributed by atoms with Crippen molar-refractivity contribution in [2.24, 2.45) is 0 Å². The molecule has 136 valence electrons. The minimum absolute atomic E-state index is 0.0959. The van der Waals surface area contributed by atoms with Gasteiger partial charge in [-0.05, 0) is 23.4 Å². The summed E-state index contributed by atoms with van der Waals surface area (Å²) in [6.07, 6.45) is 1.56. The summed E-state index contributed by atoms with van der Waals surface area (Å²) in [5.74, 6) is -0.0602. The number of rotatable bonds is 5. The molecule has 27 heavy (non-hydrogen) atoms. The minimum atomic E-state index is -0.597. The second-order valence-electron chi connectivity index (χ2n) is 5.69. The number of carbonyl (C=O) groups excluding carboxylic acids is 1. The molecule has 10 heteroatoms. The quantitative estimate of drug-likeness (QED) is 0.734. The number of ether oxygens (including phenoxy) is 2. The summed E-state index contributed by atoms with van der Waals surface area (Å²) >= 11 is 0. The van der Waals surface area contributed by atoms with Crippen LogP contribution in [0.1, 0.15) is 5.69 Å². The van der Waals surface area contributed by atoms with Gasteiger partial charge in [0.2, 0.25) is 0 Å². The zero-order valence-electron chi connectivity index (χ0n) is 13.8. The Balaban J connectivity index is 1.47. The van der Waals surface area contributed by atoms with Gasteiger partial charge in [-0.15, -0.1) is 0 Å². The zero-order chi connectivity index (χ0) is 18.8. The molecule has 0 radical (unpaired) electrons. The lowest BCUT2D eigenvalue weighted by Gasteiger charge is -2.14. The molecule has 4 rings (SSSR count). The molecule has 1 amide bonds. The van der Waals surface area contributed by atoms with E-state index in [1.54, 1.807) is 6.07 Å². The van der Waals surface area contributed by atoms with Crippen LogP contribution in [0.3, 0.4) is 0 Å². The maximum Gasteiger partial charge on any atom is 0.414 e. The van der Waals surface area contributed by atoms with Crippen molar-refractivity contribution in [3.05, 3.63) is 48.2 Å². The fourth-order valence-electron chi connectivity index (χ4n) is 2.65. The van der Waals surface area contributed by atoms with Crippen molar-refractivity contribution >= 4 is 11.8 Å². The molecule has 3 aromatic rings. The maximum atomic E-state index is 14.5. The number of benzene rings is 1. The molecule has 1 aliphatic heterocycles. The molecular weight excluding hydrogens is 357 g/mol. The number of aromatic nitrogens is 3. The number of nitriles is 1. The van der Waals surface area contributed by atoms with Gasteiger partial charge in [0, 0.05) is 6.07 Å². The first-order chi connectivity index (χ1) is 13.1. The molecule has 3 heterocycles. The van der Waals surface area contributed by atoms with E-state index < -0.39 is 18.0 Å². The summed E-state index contributed by atoms with van der Waals surface area (Å²) in [4.78, 5) is 20.1. The highest BCUT2D eigenvalue weighted by atomic mass is 19.1. The number of imidazole rings is 1. The lowest BCUT2D eigenvalue weighted by molar-refractivity contribution is 0.102. The Bertz CT molecular complexity index is 1010. The molecule has 2 aromatic heterocycles. The van der Waals surface area contributed by atoms with Crippen molar-refractivity contribution in [1.82, 2.24) is 15.1 Å². The highest BCUT2D eigenvalue weighted by Gasteiger charge is 2.33. The van der Waals surface area contributed by atoms with Crippen LogP contribution < -0.4 is 9.64 Å². The number of halogens is 1. The van der Waals surface area contributed by atoms with Crippen LogP contribution in [0.2, 0.25) is 0 Å². The van der Waals surface area contributed by atoms with Gasteiger partial charge >= 0.3 is 6.09 Å². The van der Waals surface area contributed by atoms with Crippen molar-refractivity contribution in [3.8, 4) is 23.3 Å². The molecule has 1 N–H and O–H groups in total. The van der Waals surface area contributed by atoms with Gasteiger partial charge in [-0.3, -0.25) is 4.90 Å². The van der Waals surface area contributed by atoms with Crippen LogP contribution in [0.4, 0.5) is 14.9 Å². The molecule has 1 aliphatic rings. The SMILES string of the molecule is N#Cc1cnc(-c2ccc(N3C[C@H](COc4ccon4)OC3=O)cc2F)[nH]1. The Kier molecular flexibility index (Phi) is 4.18. The standard InChI is InChI=1S/C17H12FN5O4/c18-14-5-11(1-2-13(14)16-20-7-10(6-19)21-16)23-8-12(27-17(23)24)9-25-15-3-4-26-22-15/h1-5,7,12H,8-9H2,(H,20,21)/t12-/m1/s1. The number of carbonyl (C=O) groups is 1. The van der Waals surface area contributed by atoms with Gasteiger partial charge in [-0.2, -0.15) is 5.26 Å². The summed E-state index contributed by atoms with van der Waals surface area (Å²) in [7, 11) is 0. The van der Waals surface area contributed by atoms with Crippen LogP contribution in [0.25, 0.3) is 11.4 Å². The molecular formula is C17H12FN5O4. The number of H-pyrrole nitrogens is 1. The van der Waals surface area contributed by atoms with Crippen LogP contribution in [0, 0.1) is 17.1 Å². The van der Waals surface area contributed by atoms with Crippen LogP contribution >= 0.6 is 0 Å². The second kappa shape index (κ2) is 6.80. The number of cyclic esters (lactones) is 1. The van der Waals surface area contributed by atoms with Gasteiger partial charge in [-0.25, -0.2) is 14.2 Å². The Labute approximate surface area is 151 Å². The monoisotopic (exact) mass is 369 g/mol. The highest BCUT2D eigenvalue weighted by molar-refractivity contribution is 5.90. The number of nitrogens with zero attached hydrogens (tertiary/aromatic N) is 4. The number of hydrogen-bond acceptors (Lipinski definition) is 7. The molecule has 0 aliphatic carbocycles. The van der Waals surface area contributed by atoms with Crippen molar-refractivity contribution in [1.29, 1.82) is 5.26 Å². The van der Waals surface area contributed by atoms with Crippen molar-refractivity contribution in [2.75, 3.05) is 18.1 Å². The second-order valence-corrected chi connectivity index (χ2v) is 5.69. The first-order valence-corrected chi connectivity index (χ1v) is 7.90. The molecule has 0 spiro atoms. The number of nitrogens with one attached hydrogen (secondary N) is 1. The Morgan fingerprint density at radius 1 is 1.44 bits per heavy atom. The van der Waals surface area contributed by atoms with Gasteiger partial charge in [0.15, 0.2) is 6.10 Å². The third kappa shape index (κ3) is 3.30. The Morgan fingerprint density at radius 2 is 2.33 bits per heavy atom. The van der Waals surface area contributed by atoms with E-state index in [9.17, 15) is 9.18 Å². The maximum absolute atomic E-state index is 14.5. The lowest BCUT2D eigenvalue weighted by atomic mass is 10.1. The Hall–Kier alpha value is -3.87. The van der Waals surface area contributed by atoms with Crippen LogP contribution in [0.5, 0.6) is 5.88 Å². The number of amides is 1. The van der Waals surface area contributed by atoms with Gasteiger partial charge < -0.3 is 19.0 Å². The van der Waals surface area contributed by atoms with E-state index in [0.717, 1.165) is 0 Å². The summed E-state index contributed by atoms with van der Waals surface area (Å²) < 4.78 is 29.7. The average molecular weight is 369 g/mol. The predicted octanol–water partition coefficient (Wildman–Crippen LogP) is 2.48. The van der Waals surface area contributed by atoms with Crippen molar-refractivity contribution in [2.45, 2.75) is 6.10 Å². The van der Waals surface area contributed by atoms with E-state index in [4.69, 9.17) is 14.7 Å². The summed E-state index contributed by atoms with van der Waals surface area (Å²) in [5, 5.41) is 12.4. The van der Waals surface area contributed by atoms with Crippen LogP contribution in [-0.2, 0) is 4.74 Å². The third-order valence-electron chi connectivity index (χ3n) is 3.92. The molecule has 1 fully saturated rings. The molecule has 0 saturated carbocycles. The largest absolute Gasteiger partial charge is 0.471 e. The number of hydrogen-bond donors (Lipinski definition) is 1. The predicted molar refractivity (Wildman–Crippen MR) is 88.3 cm³/mol. The lowest BCUT2D eigenvalue weighted by Crippen LogP contribution is -2.26. The molecule has 1 aromatic carbocycles. The van der Waals surface area contributed by atoms with E-state index in [2.05, 4.69) is 19.6 Å². The average Bonchev–Trinajstić information content (AvgIpc) is 3.41. The molecule has 0 unspecified atom stereocenters. The smallest absolute Gasteiger partial charge is 0.414 e. The van der Waals surface area contributed by atoms with Gasteiger partial charge in [-0.1, -0.05) is 0 Å². The normalized spacial score (nSPS) is 16.2. The molecule has 0 bridgehead atoms. The van der Waals surface area contributed by atoms with Crippen LogP contribution in [0.15, 0.2) is 41.2 Å². The van der Waals surface area contributed by atoms with E-state index >= 15 is 0 Å². The molecule has 9 nitrogen and oxygen atoms in total. The highest BCUT2D eigenvalue weighted by Crippen LogP contribution is 2.28. The fourth-order valence-corrected chi connectivity index (χ4v) is 2.65. The topological polar surface area (TPSA) is 117 Å². The first-order valence-electron chi connectivity index (χ1n) is 7.90. The summed E-state index contributed by atoms with van der Waals surface area (Å²) in [6, 6.07) is 7.71. The van der Waals surface area contributed by atoms with Gasteiger partial charge in [0.25, 0.3) is 5.88 Å².